The van der Waals surface area contributed by atoms with E-state index in [2.05, 4.69) is 15.0 Å². The maximum absolute atomic E-state index is 10.6. The molecule has 0 spiro atoms. The lowest BCUT2D eigenvalue weighted by atomic mass is 10.1. The van der Waals surface area contributed by atoms with E-state index < -0.39 is 48.0 Å². The van der Waals surface area contributed by atoms with Gasteiger partial charge < -0.3 is 59.1 Å². The second kappa shape index (κ2) is 20.5. The van der Waals surface area contributed by atoms with Crippen LogP contribution in [0.5, 0.6) is 0 Å². The zero-order valence-electron chi connectivity index (χ0n) is 23.3. The third kappa shape index (κ3) is 16.0. The number of rotatable bonds is 12. The Morgan fingerprint density at radius 3 is 1.83 bits per heavy atom. The van der Waals surface area contributed by atoms with Gasteiger partial charge in [0.15, 0.2) is 0 Å². The molecule has 3 aromatic rings. The van der Waals surface area contributed by atoms with Crippen LogP contribution in [0.3, 0.4) is 0 Å². The molecule has 0 saturated carbocycles. The summed E-state index contributed by atoms with van der Waals surface area (Å²) in [6, 6.07) is 4.61. The first-order valence-electron chi connectivity index (χ1n) is 12.9. The molecule has 42 heavy (non-hydrogen) atoms. The maximum Gasteiger partial charge on any atom is 0.320 e. The number of nitrogens with one attached hydrogen (secondary N) is 2. The van der Waals surface area contributed by atoms with Crippen molar-refractivity contribution in [3.8, 4) is 0 Å². The molecule has 16 nitrogen and oxygen atoms in total. The Balaban J connectivity index is 0.000000561. The van der Waals surface area contributed by atoms with Crippen molar-refractivity contribution >= 4 is 34.8 Å². The van der Waals surface area contributed by atoms with Crippen LogP contribution in [0.25, 0.3) is 10.9 Å². The minimum absolute atomic E-state index is 0.287. The van der Waals surface area contributed by atoms with Crippen LogP contribution in [0.1, 0.15) is 37.4 Å². The van der Waals surface area contributed by atoms with E-state index in [1.54, 1.807) is 6.20 Å². The number of nitrogens with zero attached hydrogens (tertiary/aromatic N) is 1. The summed E-state index contributed by atoms with van der Waals surface area (Å²) in [4.78, 5) is 50.2. The van der Waals surface area contributed by atoms with Crippen molar-refractivity contribution in [1.29, 1.82) is 0 Å². The molecule has 0 aliphatic rings. The van der Waals surface area contributed by atoms with Crippen LogP contribution >= 0.6 is 0 Å². The summed E-state index contributed by atoms with van der Waals surface area (Å²) in [5.74, 6) is -3.87. The zero-order chi connectivity index (χ0) is 32.2. The van der Waals surface area contributed by atoms with Gasteiger partial charge in [0.1, 0.15) is 24.2 Å². The first-order chi connectivity index (χ1) is 19.7. The summed E-state index contributed by atoms with van der Waals surface area (Å²) in [7, 11) is 0. The summed E-state index contributed by atoms with van der Waals surface area (Å²) in [5, 5.41) is 34.4. The summed E-state index contributed by atoms with van der Waals surface area (Å²) in [6.07, 6.45) is 7.66. The van der Waals surface area contributed by atoms with Gasteiger partial charge in [-0.3, -0.25) is 19.2 Å². The van der Waals surface area contributed by atoms with Crippen LogP contribution in [0.2, 0.25) is 0 Å². The summed E-state index contributed by atoms with van der Waals surface area (Å²) in [5.41, 5.74) is 28.7. The fourth-order valence-corrected chi connectivity index (χ4v) is 2.98. The number of fused-ring (bicyclic) bond motifs is 1. The number of hydrogen-bond acceptors (Lipinski definition) is 10. The fourth-order valence-electron chi connectivity index (χ4n) is 2.98. The highest BCUT2D eigenvalue weighted by atomic mass is 16.4. The van der Waals surface area contributed by atoms with Crippen molar-refractivity contribution in [2.45, 2.75) is 63.2 Å². The second-order valence-corrected chi connectivity index (χ2v) is 9.09. The number of aromatic nitrogens is 3. The Morgan fingerprint density at radius 2 is 1.36 bits per heavy atom. The SMILES string of the molecule is C[C@@H](N)C(=O)O.NCCCC[C@H](N)C(=O)O.N[C@@H](Cc1c[nH]c2ccccc12)C(=O)O.N[C@@H](Cc1cnc[nH]1)C(=O)O. The zero-order valence-corrected chi connectivity index (χ0v) is 23.3. The van der Waals surface area contributed by atoms with Crippen molar-refractivity contribution < 1.29 is 39.6 Å². The Labute approximate surface area is 242 Å². The van der Waals surface area contributed by atoms with E-state index in [1.165, 1.54) is 13.3 Å². The molecule has 0 aliphatic carbocycles. The normalized spacial score (nSPS) is 13.0. The van der Waals surface area contributed by atoms with E-state index >= 15 is 0 Å². The Bertz CT molecular complexity index is 1220. The molecule has 0 bridgehead atoms. The van der Waals surface area contributed by atoms with Crippen LogP contribution in [0, 0.1) is 0 Å². The molecule has 0 fully saturated rings. The first-order valence-corrected chi connectivity index (χ1v) is 12.9. The van der Waals surface area contributed by atoms with Crippen molar-refractivity contribution in [2.75, 3.05) is 6.54 Å². The number of carboxylic acid groups (broad SMARTS) is 4. The van der Waals surface area contributed by atoms with Gasteiger partial charge in [0.2, 0.25) is 0 Å². The quantitative estimate of drug-likeness (QED) is 0.117. The molecule has 16 N–H and O–H groups in total. The number of carbonyl (C=O) groups is 4. The molecule has 0 amide bonds. The smallest absolute Gasteiger partial charge is 0.320 e. The lowest BCUT2D eigenvalue weighted by Crippen LogP contribution is -2.32. The highest BCUT2D eigenvalue weighted by Crippen LogP contribution is 2.18. The molecule has 234 valence electrons. The Morgan fingerprint density at radius 1 is 0.810 bits per heavy atom. The number of nitrogens with two attached hydrogens (primary N) is 5. The summed E-state index contributed by atoms with van der Waals surface area (Å²) >= 11 is 0. The Kier molecular flexibility index (Phi) is 18.4. The van der Waals surface area contributed by atoms with Crippen LogP contribution in [-0.4, -0.2) is 90.0 Å². The molecule has 0 aliphatic heterocycles. The van der Waals surface area contributed by atoms with Crippen LogP contribution < -0.4 is 28.7 Å². The number of aromatic amines is 2. The van der Waals surface area contributed by atoms with E-state index in [4.69, 9.17) is 49.1 Å². The second-order valence-electron chi connectivity index (χ2n) is 9.09. The fraction of sp³-hybridized carbons (Fsp3) is 0.423. The molecule has 2 aromatic heterocycles. The summed E-state index contributed by atoms with van der Waals surface area (Å²) < 4.78 is 0. The number of benzene rings is 1. The van der Waals surface area contributed by atoms with Gasteiger partial charge in [-0.1, -0.05) is 24.6 Å². The monoisotopic (exact) mass is 594 g/mol. The number of hydrogen-bond donors (Lipinski definition) is 11. The lowest BCUT2D eigenvalue weighted by Gasteiger charge is -2.04. The van der Waals surface area contributed by atoms with Gasteiger partial charge in [-0.2, -0.15) is 0 Å². The number of aliphatic carboxylic acids is 4. The molecule has 0 saturated heterocycles. The largest absolute Gasteiger partial charge is 0.480 e. The molecular formula is C26H42N8O8. The predicted molar refractivity (Wildman–Crippen MR) is 155 cm³/mol. The average Bonchev–Trinajstić information content (AvgIpc) is 3.60. The van der Waals surface area contributed by atoms with Gasteiger partial charge in [-0.15, -0.1) is 0 Å². The van der Waals surface area contributed by atoms with Crippen molar-refractivity contribution in [3.05, 3.63) is 54.2 Å². The van der Waals surface area contributed by atoms with Gasteiger partial charge in [0.25, 0.3) is 0 Å². The number of unbranched alkanes of at least 4 members (excludes halogenated alkanes) is 1. The number of para-hydroxylation sites is 1. The standard InChI is InChI=1S/C11H12N2O2.C6H9N3O2.C6H14N2O2.C3H7NO2/c12-9(11(14)15)5-7-6-13-10-4-2-1-3-8(7)10;7-5(6(10)11)1-4-2-8-3-9-4;7-4-2-1-3-5(8)6(9)10;1-2(4)3(5)6/h1-4,6,9,13H,5,12H2,(H,14,15);2-3,5H,1,7H2,(H,8,9)(H,10,11);5H,1-4,7-8H2,(H,9,10);2H,4H2,1H3,(H,5,6)/t9-;2*5-;2-/m0001/s1. The maximum atomic E-state index is 10.6. The van der Waals surface area contributed by atoms with Crippen LogP contribution in [0.15, 0.2) is 43.0 Å². The summed E-state index contributed by atoms with van der Waals surface area (Å²) in [6.45, 7) is 2.02. The number of imidazole rings is 1. The number of carboxylic acids is 4. The van der Waals surface area contributed by atoms with Gasteiger partial charge in [0, 0.05) is 41.8 Å². The molecule has 3 rings (SSSR count). The molecule has 0 radical (unpaired) electrons. The van der Waals surface area contributed by atoms with E-state index in [0.717, 1.165) is 35.0 Å². The number of H-pyrrole nitrogens is 2. The van der Waals surface area contributed by atoms with E-state index in [1.807, 2.05) is 30.5 Å². The minimum atomic E-state index is -1.00. The van der Waals surface area contributed by atoms with Crippen molar-refractivity contribution in [3.63, 3.8) is 0 Å². The van der Waals surface area contributed by atoms with Gasteiger partial charge in [-0.05, 0) is 37.9 Å². The average molecular weight is 595 g/mol. The third-order valence-electron chi connectivity index (χ3n) is 5.42. The Hall–Kier alpha value is -4.35. The third-order valence-corrected chi connectivity index (χ3v) is 5.42. The predicted octanol–water partition coefficient (Wildman–Crippen LogP) is -0.568. The topological polar surface area (TPSA) is 324 Å². The van der Waals surface area contributed by atoms with Gasteiger partial charge in [0.05, 0.1) is 6.33 Å². The first kappa shape index (κ1) is 37.6. The van der Waals surface area contributed by atoms with Crippen molar-refractivity contribution in [2.24, 2.45) is 28.7 Å². The van der Waals surface area contributed by atoms with E-state index in [-0.39, 0.29) is 6.42 Å². The van der Waals surface area contributed by atoms with E-state index in [9.17, 15) is 19.2 Å². The highest BCUT2D eigenvalue weighted by Gasteiger charge is 2.14. The van der Waals surface area contributed by atoms with Gasteiger partial charge >= 0.3 is 23.9 Å². The molecule has 4 atom stereocenters. The highest BCUT2D eigenvalue weighted by molar-refractivity contribution is 5.84. The van der Waals surface area contributed by atoms with Crippen molar-refractivity contribution in [1.82, 2.24) is 15.0 Å². The molecular weight excluding hydrogens is 552 g/mol. The molecule has 1 aromatic carbocycles. The van der Waals surface area contributed by atoms with Crippen LogP contribution in [0.4, 0.5) is 0 Å². The molecule has 0 unspecified atom stereocenters. The lowest BCUT2D eigenvalue weighted by molar-refractivity contribution is -0.139. The molecule has 16 heteroatoms. The minimum Gasteiger partial charge on any atom is -0.480 e. The van der Waals surface area contributed by atoms with Crippen LogP contribution in [-0.2, 0) is 32.0 Å². The van der Waals surface area contributed by atoms with E-state index in [0.29, 0.717) is 19.4 Å². The van der Waals surface area contributed by atoms with Gasteiger partial charge in [-0.25, -0.2) is 4.98 Å². The molecule has 2 heterocycles.